The summed E-state index contributed by atoms with van der Waals surface area (Å²) in [4.78, 5) is 20.8. The normalized spacial score (nSPS) is 14.0. The Balaban J connectivity index is 1.39. The third-order valence-corrected chi connectivity index (χ3v) is 7.67. The van der Waals surface area contributed by atoms with Gasteiger partial charge in [0.2, 0.25) is 10.0 Å². The van der Waals surface area contributed by atoms with Crippen LogP contribution in [-0.2, 0) is 27.7 Å². The lowest BCUT2D eigenvalue weighted by atomic mass is 10.0. The molecule has 0 amide bonds. The summed E-state index contributed by atoms with van der Waals surface area (Å²) in [5, 5.41) is 2.22. The lowest BCUT2D eigenvalue weighted by molar-refractivity contribution is -0.117. The lowest BCUT2D eigenvalue weighted by Gasteiger charge is -2.07. The van der Waals surface area contributed by atoms with Gasteiger partial charge in [-0.1, -0.05) is 29.8 Å². The van der Waals surface area contributed by atoms with Gasteiger partial charge in [-0.15, -0.1) is 11.3 Å². The predicted octanol–water partition coefficient (Wildman–Crippen LogP) is 4.12. The number of nitrogens with zero attached hydrogens (tertiary/aromatic N) is 2. The van der Waals surface area contributed by atoms with E-state index in [1.54, 1.807) is 17.8 Å². The maximum atomic E-state index is 12.5. The number of sulfonamides is 1. The first-order valence-corrected chi connectivity index (χ1v) is 11.9. The Morgan fingerprint density at radius 3 is 2.72 bits per heavy atom. The van der Waals surface area contributed by atoms with Crippen LogP contribution in [-0.4, -0.2) is 29.4 Å². The molecule has 1 aliphatic carbocycles. The van der Waals surface area contributed by atoms with Gasteiger partial charge in [0.05, 0.1) is 10.9 Å². The van der Waals surface area contributed by atoms with Crippen LogP contribution in [0.2, 0.25) is 5.02 Å². The summed E-state index contributed by atoms with van der Waals surface area (Å²) >= 11 is 7.56. The van der Waals surface area contributed by atoms with Gasteiger partial charge in [-0.25, -0.2) is 13.4 Å². The summed E-state index contributed by atoms with van der Waals surface area (Å²) in [6, 6.07) is 9.39. The second-order valence-electron chi connectivity index (χ2n) is 6.93. The smallest absolute Gasteiger partial charge is 0.237 e. The first kappa shape index (κ1) is 20.0. The van der Waals surface area contributed by atoms with Gasteiger partial charge < -0.3 is 0 Å². The molecule has 3 aromatic rings. The maximum Gasteiger partial charge on any atom is 0.237 e. The zero-order valence-electron chi connectivity index (χ0n) is 15.3. The SMILES string of the molecule is O=C(Cc1csc(NS(=O)(=O)C2CC2)n1)Cc1ccc(-c2cccnc2)cc1Cl. The molecular weight excluding hydrogens is 430 g/mol. The molecule has 0 radical (unpaired) electrons. The highest BCUT2D eigenvalue weighted by atomic mass is 35.5. The van der Waals surface area contributed by atoms with Crippen LogP contribution < -0.4 is 4.72 Å². The zero-order chi connectivity index (χ0) is 20.4. The summed E-state index contributed by atoms with van der Waals surface area (Å²) in [7, 11) is -3.35. The minimum Gasteiger partial charge on any atom is -0.299 e. The maximum absolute atomic E-state index is 12.5. The van der Waals surface area contributed by atoms with Crippen LogP contribution >= 0.6 is 22.9 Å². The monoisotopic (exact) mass is 447 g/mol. The molecule has 0 unspecified atom stereocenters. The van der Waals surface area contributed by atoms with Crippen LogP contribution in [0, 0.1) is 0 Å². The second kappa shape index (κ2) is 8.22. The van der Waals surface area contributed by atoms with E-state index >= 15 is 0 Å². The van der Waals surface area contributed by atoms with Crippen molar-refractivity contribution in [3.63, 3.8) is 0 Å². The molecule has 2 aromatic heterocycles. The third kappa shape index (κ3) is 5.01. The number of rotatable bonds is 8. The van der Waals surface area contributed by atoms with Crippen molar-refractivity contribution >= 4 is 43.9 Å². The number of Topliss-reactive ketones (excluding diaryl/α,β-unsaturated/α-hetero) is 1. The van der Waals surface area contributed by atoms with Crippen LogP contribution in [0.15, 0.2) is 48.1 Å². The molecule has 9 heteroatoms. The van der Waals surface area contributed by atoms with Crippen LogP contribution in [0.5, 0.6) is 0 Å². The fourth-order valence-electron chi connectivity index (χ4n) is 2.90. The van der Waals surface area contributed by atoms with E-state index in [4.69, 9.17) is 11.6 Å². The third-order valence-electron chi connectivity index (χ3n) is 4.56. The molecule has 0 atom stereocenters. The molecular formula is C20H18ClN3O3S2. The topological polar surface area (TPSA) is 89.0 Å². The van der Waals surface area contributed by atoms with Crippen molar-refractivity contribution in [1.82, 2.24) is 9.97 Å². The molecule has 29 heavy (non-hydrogen) atoms. The standard InChI is InChI=1S/C20H18ClN3O3S2/c21-19-9-13(15-2-1-7-22-11-15)3-4-14(19)8-17(25)10-16-12-28-20(23-16)24-29(26,27)18-5-6-18/h1-4,7,9,11-12,18H,5-6,8,10H2,(H,23,24). The van der Waals surface area contributed by atoms with E-state index < -0.39 is 10.0 Å². The average Bonchev–Trinajstić information content (AvgIpc) is 3.47. The summed E-state index contributed by atoms with van der Waals surface area (Å²) < 4.78 is 26.4. The molecule has 1 aromatic carbocycles. The molecule has 150 valence electrons. The van der Waals surface area contributed by atoms with E-state index in [2.05, 4.69) is 14.7 Å². The molecule has 0 bridgehead atoms. The number of anilines is 1. The summed E-state index contributed by atoms with van der Waals surface area (Å²) in [6.07, 6.45) is 5.15. The lowest BCUT2D eigenvalue weighted by Crippen LogP contribution is -2.17. The Morgan fingerprint density at radius 2 is 2.03 bits per heavy atom. The van der Waals surface area contributed by atoms with Crippen LogP contribution in [0.25, 0.3) is 11.1 Å². The molecule has 4 rings (SSSR count). The van der Waals surface area contributed by atoms with Gasteiger partial charge in [0, 0.05) is 41.2 Å². The summed E-state index contributed by atoms with van der Waals surface area (Å²) in [5.41, 5.74) is 3.19. The van der Waals surface area contributed by atoms with Gasteiger partial charge in [0.1, 0.15) is 5.78 Å². The quantitative estimate of drug-likeness (QED) is 0.561. The molecule has 6 nitrogen and oxygen atoms in total. The first-order chi connectivity index (χ1) is 13.9. The molecule has 0 spiro atoms. The van der Waals surface area contributed by atoms with Crippen molar-refractivity contribution in [3.05, 3.63) is 64.4 Å². The molecule has 1 fully saturated rings. The number of aromatic nitrogens is 2. The number of nitrogens with one attached hydrogen (secondary N) is 1. The van der Waals surface area contributed by atoms with Crippen molar-refractivity contribution in [3.8, 4) is 11.1 Å². The van der Waals surface area contributed by atoms with Gasteiger partial charge in [0.15, 0.2) is 5.13 Å². The van der Waals surface area contributed by atoms with E-state index in [1.165, 1.54) is 11.3 Å². The summed E-state index contributed by atoms with van der Waals surface area (Å²) in [5.74, 6) is -0.0390. The first-order valence-electron chi connectivity index (χ1n) is 9.07. The second-order valence-corrected chi connectivity index (χ2v) is 10.2. The number of carbonyl (C=O) groups excluding carboxylic acids is 1. The van der Waals surface area contributed by atoms with Crippen molar-refractivity contribution in [2.75, 3.05) is 4.72 Å². The fraction of sp³-hybridized carbons (Fsp3) is 0.250. The van der Waals surface area contributed by atoms with Crippen LogP contribution in [0.4, 0.5) is 5.13 Å². The highest BCUT2D eigenvalue weighted by Crippen LogP contribution is 2.30. The highest BCUT2D eigenvalue weighted by Gasteiger charge is 2.36. The fourth-order valence-corrected chi connectivity index (χ4v) is 5.45. The van der Waals surface area contributed by atoms with E-state index in [9.17, 15) is 13.2 Å². The largest absolute Gasteiger partial charge is 0.299 e. The van der Waals surface area contributed by atoms with E-state index in [1.807, 2.05) is 30.3 Å². The average molecular weight is 448 g/mol. The number of carbonyl (C=O) groups is 1. The van der Waals surface area contributed by atoms with Crippen molar-refractivity contribution < 1.29 is 13.2 Å². The number of pyridine rings is 1. The van der Waals surface area contributed by atoms with Crippen molar-refractivity contribution in [2.45, 2.75) is 30.9 Å². The van der Waals surface area contributed by atoms with E-state index in [0.29, 0.717) is 28.7 Å². The molecule has 1 N–H and O–H groups in total. The summed E-state index contributed by atoms with van der Waals surface area (Å²) in [6.45, 7) is 0. The molecule has 1 saturated carbocycles. The number of halogens is 1. The number of benzene rings is 1. The van der Waals surface area contributed by atoms with Gasteiger partial charge in [-0.3, -0.25) is 14.5 Å². The van der Waals surface area contributed by atoms with E-state index in [0.717, 1.165) is 16.7 Å². The number of hydrogen-bond donors (Lipinski definition) is 1. The number of ketones is 1. The van der Waals surface area contributed by atoms with Gasteiger partial charge in [0.25, 0.3) is 0 Å². The molecule has 0 saturated heterocycles. The molecule has 0 aliphatic heterocycles. The van der Waals surface area contributed by atoms with Crippen molar-refractivity contribution in [1.29, 1.82) is 0 Å². The number of thiazole rings is 1. The Hall–Kier alpha value is -2.29. The van der Waals surface area contributed by atoms with Gasteiger partial charge >= 0.3 is 0 Å². The van der Waals surface area contributed by atoms with Gasteiger partial charge in [-0.05, 0) is 36.1 Å². The molecule has 1 aliphatic rings. The van der Waals surface area contributed by atoms with Crippen molar-refractivity contribution in [2.24, 2.45) is 0 Å². The highest BCUT2D eigenvalue weighted by molar-refractivity contribution is 7.93. The molecule has 2 heterocycles. The van der Waals surface area contributed by atoms with E-state index in [-0.39, 0.29) is 23.9 Å². The Morgan fingerprint density at radius 1 is 1.21 bits per heavy atom. The Bertz CT molecular complexity index is 1140. The minimum absolute atomic E-state index is 0.0390. The number of hydrogen-bond acceptors (Lipinski definition) is 6. The minimum atomic E-state index is -3.35. The van der Waals surface area contributed by atoms with Gasteiger partial charge in [-0.2, -0.15) is 0 Å². The van der Waals surface area contributed by atoms with Crippen LogP contribution in [0.1, 0.15) is 24.1 Å². The Kier molecular flexibility index (Phi) is 5.67. The Labute approximate surface area is 178 Å². The predicted molar refractivity (Wildman–Crippen MR) is 115 cm³/mol. The van der Waals surface area contributed by atoms with Crippen LogP contribution in [0.3, 0.4) is 0 Å². The zero-order valence-corrected chi connectivity index (χ0v) is 17.7.